The molecule has 5 heteroatoms. The summed E-state index contributed by atoms with van der Waals surface area (Å²) in [7, 11) is 2.05. The van der Waals surface area contributed by atoms with Gasteiger partial charge in [-0.05, 0) is 37.4 Å². The first-order valence-electron chi connectivity index (χ1n) is 9.96. The highest BCUT2D eigenvalue weighted by Crippen LogP contribution is 2.24. The summed E-state index contributed by atoms with van der Waals surface area (Å²) < 4.78 is 0. The number of likely N-dealkylation sites (N-methyl/N-ethyl adjacent to an activating group) is 1. The Morgan fingerprint density at radius 3 is 2.96 bits per heavy atom. The van der Waals surface area contributed by atoms with Crippen molar-refractivity contribution in [1.29, 1.82) is 0 Å². The van der Waals surface area contributed by atoms with Gasteiger partial charge in [0.15, 0.2) is 0 Å². The smallest absolute Gasteiger partial charge is 0.255 e. The van der Waals surface area contributed by atoms with Gasteiger partial charge in [0.25, 0.3) is 5.56 Å². The molecule has 142 valence electrons. The molecular formula is C22H28N4O. The minimum Gasteiger partial charge on any atom is -0.310 e. The Morgan fingerprint density at radius 1 is 1.26 bits per heavy atom. The number of aryl methyl sites for hydroxylation is 1. The molecule has 0 radical (unpaired) electrons. The van der Waals surface area contributed by atoms with Gasteiger partial charge in [-0.25, -0.2) is 4.98 Å². The highest BCUT2D eigenvalue weighted by atomic mass is 16.1. The molecule has 0 spiro atoms. The first kappa shape index (κ1) is 18.1. The summed E-state index contributed by atoms with van der Waals surface area (Å²) in [4.78, 5) is 22.3. The zero-order valence-electron chi connectivity index (χ0n) is 16.0. The molecule has 1 aromatic carbocycles. The Balaban J connectivity index is 1.33. The fourth-order valence-electron chi connectivity index (χ4n) is 4.11. The van der Waals surface area contributed by atoms with Crippen LogP contribution in [0, 0.1) is 0 Å². The fraction of sp³-hybridized carbons (Fsp3) is 0.455. The van der Waals surface area contributed by atoms with Crippen molar-refractivity contribution >= 4 is 5.57 Å². The lowest BCUT2D eigenvalue weighted by molar-refractivity contribution is 0.307. The van der Waals surface area contributed by atoms with Crippen molar-refractivity contribution in [1.82, 2.24) is 20.2 Å². The van der Waals surface area contributed by atoms with E-state index in [0.29, 0.717) is 12.6 Å². The highest BCUT2D eigenvalue weighted by molar-refractivity contribution is 5.66. The number of nitrogens with one attached hydrogen (secondary N) is 2. The molecule has 2 N–H and O–H groups in total. The monoisotopic (exact) mass is 364 g/mol. The van der Waals surface area contributed by atoms with Crippen LogP contribution in [0.25, 0.3) is 5.57 Å². The summed E-state index contributed by atoms with van der Waals surface area (Å²) in [5.41, 5.74) is 4.65. The van der Waals surface area contributed by atoms with E-state index >= 15 is 0 Å². The molecule has 0 saturated carbocycles. The summed E-state index contributed by atoms with van der Waals surface area (Å²) in [5, 5.41) is 3.60. The van der Waals surface area contributed by atoms with Crippen LogP contribution in [-0.4, -0.2) is 41.0 Å². The third kappa shape index (κ3) is 4.37. The van der Waals surface area contributed by atoms with Crippen molar-refractivity contribution in [2.75, 3.05) is 20.1 Å². The lowest BCUT2D eigenvalue weighted by Gasteiger charge is -2.25. The Hall–Kier alpha value is -2.24. The second-order valence-electron chi connectivity index (χ2n) is 7.72. The molecule has 0 fully saturated rings. The van der Waals surface area contributed by atoms with Crippen LogP contribution in [0.1, 0.15) is 41.9 Å². The molecule has 2 aliphatic heterocycles. The van der Waals surface area contributed by atoms with Crippen molar-refractivity contribution in [3.8, 4) is 0 Å². The zero-order chi connectivity index (χ0) is 18.6. The predicted molar refractivity (Wildman–Crippen MR) is 109 cm³/mol. The van der Waals surface area contributed by atoms with Crippen molar-refractivity contribution < 1.29 is 0 Å². The molecule has 0 bridgehead atoms. The van der Waals surface area contributed by atoms with Crippen molar-refractivity contribution in [2.45, 2.75) is 44.7 Å². The van der Waals surface area contributed by atoms with E-state index in [0.717, 1.165) is 62.3 Å². The molecule has 2 aromatic rings. The third-order valence-corrected chi connectivity index (χ3v) is 5.64. The number of fused-ring (bicyclic) bond motifs is 1. The molecule has 0 saturated heterocycles. The van der Waals surface area contributed by atoms with Crippen molar-refractivity contribution in [3.05, 3.63) is 69.4 Å². The second-order valence-corrected chi connectivity index (χ2v) is 7.72. The van der Waals surface area contributed by atoms with Crippen LogP contribution in [0.2, 0.25) is 0 Å². The molecule has 4 rings (SSSR count). The maximum atomic E-state index is 12.4. The Bertz CT molecular complexity index is 872. The van der Waals surface area contributed by atoms with E-state index in [9.17, 15) is 4.79 Å². The van der Waals surface area contributed by atoms with E-state index in [-0.39, 0.29) is 5.56 Å². The SMILES string of the molecule is CN1CCc2nc(CCCC3CC(c4ccccc4)=CCN3)[nH]c(=O)c2C1. The maximum Gasteiger partial charge on any atom is 0.255 e. The van der Waals surface area contributed by atoms with E-state index in [1.165, 1.54) is 11.1 Å². The van der Waals surface area contributed by atoms with Gasteiger partial charge in [-0.2, -0.15) is 0 Å². The Kier molecular flexibility index (Phi) is 5.50. The normalized spacial score (nSPS) is 20.2. The summed E-state index contributed by atoms with van der Waals surface area (Å²) in [6.45, 7) is 2.61. The Morgan fingerprint density at radius 2 is 2.11 bits per heavy atom. The standard InChI is InChI=1S/C22H28N4O/c1-26-13-11-20-19(15-26)22(27)25-21(24-20)9-5-8-18-14-17(10-12-23-18)16-6-3-2-4-7-16/h2-4,6-7,10,18,23H,5,8-9,11-15H2,1H3,(H,24,25,27). The number of aromatic nitrogens is 2. The quantitative estimate of drug-likeness (QED) is 0.856. The van der Waals surface area contributed by atoms with Gasteiger partial charge < -0.3 is 15.2 Å². The summed E-state index contributed by atoms with van der Waals surface area (Å²) in [6.07, 6.45) is 7.18. The number of nitrogens with zero attached hydrogens (tertiary/aromatic N) is 2. The molecule has 2 aliphatic rings. The van der Waals surface area contributed by atoms with Crippen LogP contribution < -0.4 is 10.9 Å². The van der Waals surface area contributed by atoms with E-state index in [1.54, 1.807) is 0 Å². The van der Waals surface area contributed by atoms with E-state index < -0.39 is 0 Å². The molecule has 5 nitrogen and oxygen atoms in total. The van der Waals surface area contributed by atoms with Gasteiger partial charge in [0.2, 0.25) is 0 Å². The van der Waals surface area contributed by atoms with Gasteiger partial charge in [0, 0.05) is 38.5 Å². The molecule has 27 heavy (non-hydrogen) atoms. The number of hydrogen-bond acceptors (Lipinski definition) is 4. The van der Waals surface area contributed by atoms with Gasteiger partial charge in [-0.3, -0.25) is 4.79 Å². The van der Waals surface area contributed by atoms with Gasteiger partial charge in [0.1, 0.15) is 5.82 Å². The van der Waals surface area contributed by atoms with Gasteiger partial charge in [0.05, 0.1) is 11.3 Å². The van der Waals surface area contributed by atoms with Crippen molar-refractivity contribution in [2.24, 2.45) is 0 Å². The molecular weight excluding hydrogens is 336 g/mol. The average Bonchev–Trinajstić information content (AvgIpc) is 2.70. The summed E-state index contributed by atoms with van der Waals surface area (Å²) in [5.74, 6) is 0.845. The van der Waals surface area contributed by atoms with Crippen LogP contribution in [0.4, 0.5) is 0 Å². The number of rotatable bonds is 5. The minimum absolute atomic E-state index is 0.0478. The van der Waals surface area contributed by atoms with Crippen molar-refractivity contribution in [3.63, 3.8) is 0 Å². The molecule has 1 unspecified atom stereocenters. The highest BCUT2D eigenvalue weighted by Gasteiger charge is 2.19. The zero-order valence-corrected chi connectivity index (χ0v) is 16.0. The molecule has 0 amide bonds. The molecule has 1 aromatic heterocycles. The number of H-pyrrole nitrogens is 1. The second kappa shape index (κ2) is 8.19. The lowest BCUT2D eigenvalue weighted by atomic mass is 9.93. The van der Waals surface area contributed by atoms with Gasteiger partial charge in [-0.1, -0.05) is 36.4 Å². The minimum atomic E-state index is 0.0478. The van der Waals surface area contributed by atoms with Crippen LogP contribution in [-0.2, 0) is 19.4 Å². The van der Waals surface area contributed by atoms with Gasteiger partial charge in [-0.15, -0.1) is 0 Å². The molecule has 3 heterocycles. The predicted octanol–water partition coefficient (Wildman–Crippen LogP) is 2.53. The van der Waals surface area contributed by atoms with Crippen LogP contribution in [0.5, 0.6) is 0 Å². The summed E-state index contributed by atoms with van der Waals surface area (Å²) in [6, 6.07) is 11.1. The number of hydrogen-bond donors (Lipinski definition) is 2. The summed E-state index contributed by atoms with van der Waals surface area (Å²) >= 11 is 0. The molecule has 0 aliphatic carbocycles. The first-order valence-corrected chi connectivity index (χ1v) is 9.96. The lowest BCUT2D eigenvalue weighted by Crippen LogP contribution is -2.34. The average molecular weight is 364 g/mol. The number of aromatic amines is 1. The maximum absolute atomic E-state index is 12.4. The van der Waals surface area contributed by atoms with Crippen LogP contribution in [0.3, 0.4) is 0 Å². The first-order chi connectivity index (χ1) is 13.2. The fourth-order valence-corrected chi connectivity index (χ4v) is 4.11. The van der Waals surface area contributed by atoms with Crippen LogP contribution >= 0.6 is 0 Å². The largest absolute Gasteiger partial charge is 0.310 e. The topological polar surface area (TPSA) is 61.0 Å². The van der Waals surface area contributed by atoms with Gasteiger partial charge >= 0.3 is 0 Å². The van der Waals surface area contributed by atoms with Crippen LogP contribution in [0.15, 0.2) is 41.2 Å². The third-order valence-electron chi connectivity index (χ3n) is 5.64. The molecule has 1 atom stereocenters. The van der Waals surface area contributed by atoms with E-state index in [4.69, 9.17) is 4.98 Å². The number of benzene rings is 1. The Labute approximate surface area is 160 Å². The van der Waals surface area contributed by atoms with E-state index in [1.807, 2.05) is 7.05 Å². The van der Waals surface area contributed by atoms with E-state index in [2.05, 4.69) is 51.6 Å².